The summed E-state index contributed by atoms with van der Waals surface area (Å²) in [5.41, 5.74) is 0. The van der Waals surface area contributed by atoms with Gasteiger partial charge in [0, 0.05) is 26.0 Å². The maximum absolute atomic E-state index is 10.8. The fourth-order valence-corrected chi connectivity index (χ4v) is 2.48. The van der Waals surface area contributed by atoms with Gasteiger partial charge in [-0.05, 0) is 20.3 Å². The third-order valence-electron chi connectivity index (χ3n) is 3.36. The standard InChI is InChI=1S/C17H25ClN2O5/c1-11(2)24-13-7-15(18)17(20-8-13)25-14-9-22-16(23-10-14)5-4-6-19-12(3)21/h7-8,11,14,16H,4-6,9-10H2,1-3H3,(H,19,21)/t14-,16+. The number of hydrogen-bond donors (Lipinski definition) is 1. The first-order valence-corrected chi connectivity index (χ1v) is 8.78. The number of rotatable bonds is 8. The highest BCUT2D eigenvalue weighted by molar-refractivity contribution is 6.31. The van der Waals surface area contributed by atoms with Crippen LogP contribution in [0.15, 0.2) is 12.3 Å². The Hall–Kier alpha value is -1.57. The summed E-state index contributed by atoms with van der Waals surface area (Å²) in [6.07, 6.45) is 2.59. The van der Waals surface area contributed by atoms with Gasteiger partial charge in [0.05, 0.1) is 25.5 Å². The third-order valence-corrected chi connectivity index (χ3v) is 3.63. The number of ether oxygens (including phenoxy) is 4. The molecule has 1 fully saturated rings. The molecule has 0 radical (unpaired) electrons. The first kappa shape index (κ1) is 19.8. The molecular formula is C17H25ClN2O5. The summed E-state index contributed by atoms with van der Waals surface area (Å²) in [5, 5.41) is 3.13. The van der Waals surface area contributed by atoms with E-state index in [0.717, 1.165) is 6.42 Å². The molecule has 1 aliphatic heterocycles. The van der Waals surface area contributed by atoms with E-state index in [2.05, 4.69) is 10.3 Å². The number of halogens is 1. The largest absolute Gasteiger partial charge is 0.489 e. The van der Waals surface area contributed by atoms with Crippen LogP contribution < -0.4 is 14.8 Å². The Morgan fingerprint density at radius 3 is 2.76 bits per heavy atom. The minimum Gasteiger partial charge on any atom is -0.489 e. The topological polar surface area (TPSA) is 78.9 Å². The van der Waals surface area contributed by atoms with E-state index in [1.165, 1.54) is 6.92 Å². The van der Waals surface area contributed by atoms with Crippen molar-refractivity contribution in [2.24, 2.45) is 0 Å². The minimum atomic E-state index is -0.279. The molecule has 0 unspecified atom stereocenters. The minimum absolute atomic E-state index is 0.0341. The van der Waals surface area contributed by atoms with Gasteiger partial charge in [0.15, 0.2) is 6.29 Å². The zero-order chi connectivity index (χ0) is 18.2. The number of amides is 1. The number of carbonyl (C=O) groups is 1. The molecule has 1 N–H and O–H groups in total. The molecule has 0 atom stereocenters. The molecule has 1 saturated heterocycles. The van der Waals surface area contributed by atoms with Crippen LogP contribution in [0.5, 0.6) is 11.6 Å². The van der Waals surface area contributed by atoms with Crippen molar-refractivity contribution in [1.29, 1.82) is 0 Å². The average molecular weight is 373 g/mol. The molecule has 1 aliphatic rings. The summed E-state index contributed by atoms with van der Waals surface area (Å²) in [6.45, 7) is 6.77. The van der Waals surface area contributed by atoms with Gasteiger partial charge >= 0.3 is 0 Å². The number of nitrogens with one attached hydrogen (secondary N) is 1. The van der Waals surface area contributed by atoms with Gasteiger partial charge < -0.3 is 24.3 Å². The maximum atomic E-state index is 10.8. The SMILES string of the molecule is CC(=O)NCCC[C@H]1OC[C@@H](Oc2ncc(OC(C)C)cc2Cl)CO1. The smallest absolute Gasteiger partial charge is 0.233 e. The second kappa shape index (κ2) is 9.79. The zero-order valence-electron chi connectivity index (χ0n) is 14.8. The monoisotopic (exact) mass is 372 g/mol. The van der Waals surface area contributed by atoms with Gasteiger partial charge in [-0.3, -0.25) is 4.79 Å². The lowest BCUT2D eigenvalue weighted by molar-refractivity contribution is -0.213. The van der Waals surface area contributed by atoms with Crippen LogP contribution in [0.25, 0.3) is 0 Å². The number of aromatic nitrogens is 1. The summed E-state index contributed by atoms with van der Waals surface area (Å²) >= 11 is 6.19. The second-order valence-electron chi connectivity index (χ2n) is 6.09. The third kappa shape index (κ3) is 7.05. The Kier molecular flexibility index (Phi) is 7.74. The zero-order valence-corrected chi connectivity index (χ0v) is 15.5. The molecular weight excluding hydrogens is 348 g/mol. The van der Waals surface area contributed by atoms with Crippen molar-refractivity contribution >= 4 is 17.5 Å². The van der Waals surface area contributed by atoms with E-state index in [0.29, 0.717) is 42.8 Å². The van der Waals surface area contributed by atoms with Crippen LogP contribution in [0.1, 0.15) is 33.6 Å². The van der Waals surface area contributed by atoms with Crippen molar-refractivity contribution in [3.05, 3.63) is 17.3 Å². The van der Waals surface area contributed by atoms with Crippen molar-refractivity contribution in [3.63, 3.8) is 0 Å². The van der Waals surface area contributed by atoms with Gasteiger partial charge in [0.2, 0.25) is 11.8 Å². The van der Waals surface area contributed by atoms with Crippen LogP contribution >= 0.6 is 11.6 Å². The van der Waals surface area contributed by atoms with Gasteiger partial charge in [0.25, 0.3) is 0 Å². The van der Waals surface area contributed by atoms with E-state index in [4.69, 9.17) is 30.5 Å². The van der Waals surface area contributed by atoms with Crippen molar-refractivity contribution < 1.29 is 23.7 Å². The predicted molar refractivity (Wildman–Crippen MR) is 93.0 cm³/mol. The molecule has 1 aromatic heterocycles. The molecule has 0 saturated carbocycles. The summed E-state index contributed by atoms with van der Waals surface area (Å²) in [5.74, 6) is 0.898. The van der Waals surface area contributed by atoms with E-state index in [1.807, 2.05) is 13.8 Å². The molecule has 1 aromatic rings. The van der Waals surface area contributed by atoms with Crippen molar-refractivity contribution in [2.45, 2.75) is 52.1 Å². The van der Waals surface area contributed by atoms with Gasteiger partial charge in [-0.15, -0.1) is 0 Å². The van der Waals surface area contributed by atoms with Crippen LogP contribution in [-0.2, 0) is 14.3 Å². The second-order valence-corrected chi connectivity index (χ2v) is 6.49. The van der Waals surface area contributed by atoms with Crippen LogP contribution in [-0.4, -0.2) is 49.1 Å². The summed E-state index contributed by atoms with van der Waals surface area (Å²) in [6, 6.07) is 1.68. The first-order valence-electron chi connectivity index (χ1n) is 8.40. The van der Waals surface area contributed by atoms with Gasteiger partial charge in [0.1, 0.15) is 16.9 Å². The fourth-order valence-electron chi connectivity index (χ4n) is 2.28. The highest BCUT2D eigenvalue weighted by Crippen LogP contribution is 2.28. The van der Waals surface area contributed by atoms with Crippen LogP contribution in [0.3, 0.4) is 0 Å². The molecule has 25 heavy (non-hydrogen) atoms. The molecule has 0 aliphatic carbocycles. The van der Waals surface area contributed by atoms with Crippen LogP contribution in [0, 0.1) is 0 Å². The highest BCUT2D eigenvalue weighted by atomic mass is 35.5. The first-order chi connectivity index (χ1) is 11.9. The van der Waals surface area contributed by atoms with Crippen LogP contribution in [0.4, 0.5) is 0 Å². The average Bonchev–Trinajstić information content (AvgIpc) is 2.55. The van der Waals surface area contributed by atoms with E-state index in [1.54, 1.807) is 12.3 Å². The number of hydrogen-bond acceptors (Lipinski definition) is 6. The van der Waals surface area contributed by atoms with Crippen LogP contribution in [0.2, 0.25) is 5.02 Å². The Morgan fingerprint density at radius 1 is 1.44 bits per heavy atom. The van der Waals surface area contributed by atoms with E-state index in [9.17, 15) is 4.79 Å². The lowest BCUT2D eigenvalue weighted by atomic mass is 10.2. The quantitative estimate of drug-likeness (QED) is 0.706. The molecule has 0 spiro atoms. The van der Waals surface area contributed by atoms with Crippen molar-refractivity contribution in [3.8, 4) is 11.6 Å². The molecule has 7 nitrogen and oxygen atoms in total. The summed E-state index contributed by atoms with van der Waals surface area (Å²) < 4.78 is 22.5. The Bertz CT molecular complexity index is 562. The van der Waals surface area contributed by atoms with E-state index in [-0.39, 0.29) is 24.4 Å². The Labute approximate surface area is 152 Å². The summed E-state index contributed by atoms with van der Waals surface area (Å²) in [7, 11) is 0. The fraction of sp³-hybridized carbons (Fsp3) is 0.647. The van der Waals surface area contributed by atoms with Gasteiger partial charge in [-0.25, -0.2) is 4.98 Å². The molecule has 2 heterocycles. The molecule has 1 amide bonds. The lowest BCUT2D eigenvalue weighted by Crippen LogP contribution is -2.39. The molecule has 8 heteroatoms. The Balaban J connectivity index is 1.73. The number of carbonyl (C=O) groups excluding carboxylic acids is 1. The molecule has 140 valence electrons. The predicted octanol–water partition coefficient (Wildman–Crippen LogP) is 2.56. The van der Waals surface area contributed by atoms with Crippen molar-refractivity contribution in [1.82, 2.24) is 10.3 Å². The Morgan fingerprint density at radius 2 is 2.16 bits per heavy atom. The number of nitrogens with zero attached hydrogens (tertiary/aromatic N) is 1. The van der Waals surface area contributed by atoms with E-state index < -0.39 is 0 Å². The van der Waals surface area contributed by atoms with Gasteiger partial charge in [-0.2, -0.15) is 0 Å². The van der Waals surface area contributed by atoms with Gasteiger partial charge in [-0.1, -0.05) is 11.6 Å². The van der Waals surface area contributed by atoms with E-state index >= 15 is 0 Å². The number of pyridine rings is 1. The highest BCUT2D eigenvalue weighted by Gasteiger charge is 2.24. The molecule has 0 bridgehead atoms. The molecule has 2 rings (SSSR count). The maximum Gasteiger partial charge on any atom is 0.233 e. The molecule has 0 aromatic carbocycles. The summed E-state index contributed by atoms with van der Waals surface area (Å²) in [4.78, 5) is 15.0. The normalized spacial score (nSPS) is 20.4. The van der Waals surface area contributed by atoms with Crippen molar-refractivity contribution in [2.75, 3.05) is 19.8 Å². The lowest BCUT2D eigenvalue weighted by Gasteiger charge is -2.29.